The zero-order valence-corrected chi connectivity index (χ0v) is 11.8. The van der Waals surface area contributed by atoms with E-state index in [1.807, 2.05) is 0 Å². The first-order chi connectivity index (χ1) is 8.90. The molecule has 0 aromatic carbocycles. The van der Waals surface area contributed by atoms with E-state index in [1.165, 1.54) is 44.9 Å². The topological polar surface area (TPSA) is 30.5 Å². The molecule has 1 saturated carbocycles. The molecule has 18 heavy (non-hydrogen) atoms. The Labute approximate surface area is 112 Å². The highest BCUT2D eigenvalue weighted by atomic mass is 16.6. The van der Waals surface area contributed by atoms with Gasteiger partial charge in [-0.2, -0.15) is 0 Å². The van der Waals surface area contributed by atoms with Crippen LogP contribution in [0, 0.1) is 5.92 Å². The van der Waals surface area contributed by atoms with E-state index in [0.29, 0.717) is 6.04 Å². The molecule has 3 nitrogen and oxygen atoms in total. The van der Waals surface area contributed by atoms with E-state index >= 15 is 0 Å². The van der Waals surface area contributed by atoms with Gasteiger partial charge in [0.25, 0.3) is 0 Å². The molecule has 2 rings (SSSR count). The number of hydrogen-bond acceptors (Lipinski definition) is 3. The summed E-state index contributed by atoms with van der Waals surface area (Å²) in [4.78, 5) is 0. The average molecular weight is 255 g/mol. The van der Waals surface area contributed by atoms with Crippen LogP contribution in [0.2, 0.25) is 0 Å². The summed E-state index contributed by atoms with van der Waals surface area (Å²) < 4.78 is 11.4. The molecule has 1 aliphatic heterocycles. The van der Waals surface area contributed by atoms with E-state index in [9.17, 15) is 0 Å². The highest BCUT2D eigenvalue weighted by Gasteiger charge is 2.26. The monoisotopic (exact) mass is 255 g/mol. The van der Waals surface area contributed by atoms with Gasteiger partial charge < -0.3 is 14.8 Å². The van der Waals surface area contributed by atoms with E-state index in [2.05, 4.69) is 12.2 Å². The largest absolute Gasteiger partial charge is 0.376 e. The third-order valence-corrected chi connectivity index (χ3v) is 4.31. The zero-order valence-electron chi connectivity index (χ0n) is 11.8. The molecule has 2 aliphatic rings. The van der Waals surface area contributed by atoms with Crippen molar-refractivity contribution < 1.29 is 9.47 Å². The summed E-state index contributed by atoms with van der Waals surface area (Å²) in [5.41, 5.74) is 0. The number of nitrogens with one attached hydrogen (secondary N) is 1. The Morgan fingerprint density at radius 1 is 1.22 bits per heavy atom. The predicted molar refractivity (Wildman–Crippen MR) is 73.8 cm³/mol. The smallest absolute Gasteiger partial charge is 0.0962 e. The van der Waals surface area contributed by atoms with Gasteiger partial charge in [-0.05, 0) is 31.7 Å². The second kappa shape index (κ2) is 8.13. The summed E-state index contributed by atoms with van der Waals surface area (Å²) >= 11 is 0. The van der Waals surface area contributed by atoms with Crippen molar-refractivity contribution in [3.63, 3.8) is 0 Å². The maximum atomic E-state index is 5.86. The normalized spacial score (nSPS) is 27.5. The van der Waals surface area contributed by atoms with Gasteiger partial charge in [-0.3, -0.25) is 0 Å². The first-order valence-electron chi connectivity index (χ1n) is 7.83. The Bertz CT molecular complexity index is 211. The first kappa shape index (κ1) is 14.3. The Morgan fingerprint density at radius 3 is 2.72 bits per heavy atom. The molecular weight excluding hydrogens is 226 g/mol. The number of hydrogen-bond donors (Lipinski definition) is 1. The highest BCUT2D eigenvalue weighted by Crippen LogP contribution is 2.29. The molecule has 0 aromatic heterocycles. The van der Waals surface area contributed by atoms with Gasteiger partial charge in [0.2, 0.25) is 0 Å². The van der Waals surface area contributed by atoms with Crippen LogP contribution in [-0.4, -0.2) is 38.5 Å². The molecule has 0 spiro atoms. The summed E-state index contributed by atoms with van der Waals surface area (Å²) in [6.07, 6.45) is 9.85. The Kier molecular flexibility index (Phi) is 6.46. The van der Waals surface area contributed by atoms with Crippen LogP contribution in [0.3, 0.4) is 0 Å². The van der Waals surface area contributed by atoms with E-state index in [1.54, 1.807) is 0 Å². The predicted octanol–water partition coefficient (Wildman–Crippen LogP) is 2.74. The van der Waals surface area contributed by atoms with E-state index in [0.717, 1.165) is 32.3 Å². The van der Waals surface area contributed by atoms with Gasteiger partial charge in [-0.1, -0.05) is 32.6 Å². The molecule has 1 heterocycles. The van der Waals surface area contributed by atoms with E-state index in [-0.39, 0.29) is 6.10 Å². The van der Waals surface area contributed by atoms with Crippen molar-refractivity contribution >= 4 is 0 Å². The van der Waals surface area contributed by atoms with Gasteiger partial charge in [0.15, 0.2) is 0 Å². The maximum absolute atomic E-state index is 5.86. The Balaban J connectivity index is 1.75. The molecule has 1 N–H and O–H groups in total. The van der Waals surface area contributed by atoms with Gasteiger partial charge in [-0.15, -0.1) is 0 Å². The van der Waals surface area contributed by atoms with Crippen LogP contribution in [0.5, 0.6) is 0 Å². The van der Waals surface area contributed by atoms with E-state index < -0.39 is 0 Å². The van der Waals surface area contributed by atoms with Crippen molar-refractivity contribution in [3.05, 3.63) is 0 Å². The lowest BCUT2D eigenvalue weighted by atomic mass is 9.96. The minimum atomic E-state index is 0.270. The van der Waals surface area contributed by atoms with Crippen molar-refractivity contribution in [1.29, 1.82) is 0 Å². The van der Waals surface area contributed by atoms with Crippen molar-refractivity contribution in [2.75, 3.05) is 26.4 Å². The molecule has 2 fully saturated rings. The molecule has 0 radical (unpaired) electrons. The SMILES string of the molecule is CCCNC(CCC1CCCC1)C1COCCO1. The highest BCUT2D eigenvalue weighted by molar-refractivity contribution is 4.80. The summed E-state index contributed by atoms with van der Waals surface area (Å²) in [5.74, 6) is 0.973. The molecule has 1 aliphatic carbocycles. The molecule has 106 valence electrons. The average Bonchev–Trinajstić information content (AvgIpc) is 2.93. The minimum absolute atomic E-state index is 0.270. The molecule has 1 saturated heterocycles. The molecular formula is C15H29NO2. The van der Waals surface area contributed by atoms with Gasteiger partial charge in [0.1, 0.15) is 0 Å². The first-order valence-corrected chi connectivity index (χ1v) is 7.83. The lowest BCUT2D eigenvalue weighted by Gasteiger charge is -2.31. The van der Waals surface area contributed by atoms with Crippen LogP contribution in [-0.2, 0) is 9.47 Å². The van der Waals surface area contributed by atoms with Crippen molar-refractivity contribution in [1.82, 2.24) is 5.32 Å². The standard InChI is InChI=1S/C15H29NO2/c1-2-9-16-14(15-12-17-10-11-18-15)8-7-13-5-3-4-6-13/h13-16H,2-12H2,1H3. The molecule has 0 aromatic rings. The van der Waals surface area contributed by atoms with Crippen molar-refractivity contribution in [2.45, 2.75) is 64.0 Å². The quantitative estimate of drug-likeness (QED) is 0.759. The lowest BCUT2D eigenvalue weighted by molar-refractivity contribution is -0.103. The summed E-state index contributed by atoms with van der Waals surface area (Å²) in [6.45, 7) is 5.61. The maximum Gasteiger partial charge on any atom is 0.0962 e. The third kappa shape index (κ3) is 4.52. The fourth-order valence-electron chi connectivity index (χ4n) is 3.20. The van der Waals surface area contributed by atoms with Gasteiger partial charge >= 0.3 is 0 Å². The third-order valence-electron chi connectivity index (χ3n) is 4.31. The van der Waals surface area contributed by atoms with Crippen LogP contribution in [0.1, 0.15) is 51.9 Å². The van der Waals surface area contributed by atoms with Crippen LogP contribution in [0.15, 0.2) is 0 Å². The Hall–Kier alpha value is -0.120. The van der Waals surface area contributed by atoms with Crippen molar-refractivity contribution in [3.8, 4) is 0 Å². The summed E-state index contributed by atoms with van der Waals surface area (Å²) in [5, 5.41) is 3.66. The second-order valence-electron chi connectivity index (χ2n) is 5.77. The molecule has 2 atom stereocenters. The van der Waals surface area contributed by atoms with Gasteiger partial charge in [0, 0.05) is 6.04 Å². The van der Waals surface area contributed by atoms with Crippen LogP contribution in [0.4, 0.5) is 0 Å². The number of ether oxygens (including phenoxy) is 2. The van der Waals surface area contributed by atoms with Crippen LogP contribution >= 0.6 is 0 Å². The molecule has 2 unspecified atom stereocenters. The fraction of sp³-hybridized carbons (Fsp3) is 1.00. The zero-order chi connectivity index (χ0) is 12.6. The summed E-state index contributed by atoms with van der Waals surface area (Å²) in [6, 6.07) is 0.492. The van der Waals surface area contributed by atoms with E-state index in [4.69, 9.17) is 9.47 Å². The second-order valence-corrected chi connectivity index (χ2v) is 5.77. The number of rotatable bonds is 7. The molecule has 0 amide bonds. The fourth-order valence-corrected chi connectivity index (χ4v) is 3.20. The van der Waals surface area contributed by atoms with Crippen molar-refractivity contribution in [2.24, 2.45) is 5.92 Å². The van der Waals surface area contributed by atoms with Gasteiger partial charge in [0.05, 0.1) is 25.9 Å². The van der Waals surface area contributed by atoms with Crippen LogP contribution < -0.4 is 5.32 Å². The molecule has 0 bridgehead atoms. The van der Waals surface area contributed by atoms with Gasteiger partial charge in [-0.25, -0.2) is 0 Å². The van der Waals surface area contributed by atoms with Crippen LogP contribution in [0.25, 0.3) is 0 Å². The Morgan fingerprint density at radius 2 is 2.06 bits per heavy atom. The lowest BCUT2D eigenvalue weighted by Crippen LogP contribution is -2.47. The molecule has 3 heteroatoms. The minimum Gasteiger partial charge on any atom is -0.376 e. The summed E-state index contributed by atoms with van der Waals surface area (Å²) in [7, 11) is 0.